The van der Waals surface area contributed by atoms with E-state index in [0.29, 0.717) is 16.9 Å². The number of carbonyl (C=O) groups is 1. The molecule has 0 saturated heterocycles. The summed E-state index contributed by atoms with van der Waals surface area (Å²) in [5, 5.41) is 0. The highest BCUT2D eigenvalue weighted by atomic mass is 32.2. The second-order valence-corrected chi connectivity index (χ2v) is 10.6. The van der Waals surface area contributed by atoms with Gasteiger partial charge in [0.25, 0.3) is 10.0 Å². The van der Waals surface area contributed by atoms with E-state index in [2.05, 4.69) is 0 Å². The van der Waals surface area contributed by atoms with E-state index < -0.39 is 22.1 Å². The monoisotopic (exact) mass is 506 g/mol. The van der Waals surface area contributed by atoms with Crippen LogP contribution >= 0.6 is 0 Å². The lowest BCUT2D eigenvalue weighted by Crippen LogP contribution is -2.50. The highest BCUT2D eigenvalue weighted by Crippen LogP contribution is 2.38. The zero-order valence-electron chi connectivity index (χ0n) is 20.3. The summed E-state index contributed by atoms with van der Waals surface area (Å²) in [6.45, 7) is 1.89. The quantitative estimate of drug-likeness (QED) is 0.284. The number of anilines is 1. The van der Waals surface area contributed by atoms with Crippen molar-refractivity contribution in [3.8, 4) is 0 Å². The number of carbonyl (C=O) groups excluding carboxylic acids is 1. The Balaban J connectivity index is 1.70. The lowest BCUT2D eigenvalue weighted by Gasteiger charge is -2.39. The van der Waals surface area contributed by atoms with Crippen LogP contribution in [0.25, 0.3) is 6.08 Å². The lowest BCUT2D eigenvalue weighted by molar-refractivity contribution is 0.223. The van der Waals surface area contributed by atoms with E-state index >= 15 is 0 Å². The van der Waals surface area contributed by atoms with Crippen molar-refractivity contribution in [2.75, 3.05) is 4.90 Å². The fourth-order valence-electron chi connectivity index (χ4n) is 4.30. The van der Waals surface area contributed by atoms with Gasteiger partial charge in [0.05, 0.1) is 16.6 Å². The van der Waals surface area contributed by atoms with Gasteiger partial charge in [0.15, 0.2) is 0 Å². The van der Waals surface area contributed by atoms with Crippen LogP contribution in [0, 0.1) is 6.92 Å². The summed E-state index contributed by atoms with van der Waals surface area (Å²) >= 11 is 0. The van der Waals surface area contributed by atoms with Gasteiger partial charge in [0.1, 0.15) is 0 Å². The number of aryl methyl sites for hydroxylation is 1. The Bertz CT molecular complexity index is 1550. The third-order valence-corrected chi connectivity index (χ3v) is 7.97. The second kappa shape index (κ2) is 10.3. The molecule has 37 heavy (non-hydrogen) atoms. The number of hydrogen-bond donors (Lipinski definition) is 0. The van der Waals surface area contributed by atoms with Gasteiger partial charge in [-0.1, -0.05) is 103 Å². The molecule has 1 aliphatic heterocycles. The molecule has 0 aromatic heterocycles. The molecule has 4 aromatic carbocycles. The number of hydrogen-bond acceptors (Lipinski definition) is 3. The van der Waals surface area contributed by atoms with Crippen LogP contribution in [0.3, 0.4) is 0 Å². The van der Waals surface area contributed by atoms with Gasteiger partial charge in [-0.2, -0.15) is 0 Å². The normalized spacial score (nSPS) is 16.2. The maximum absolute atomic E-state index is 14.2. The number of nitrogens with zero attached hydrogens (tertiary/aromatic N) is 2. The van der Waals surface area contributed by atoms with Crippen LogP contribution < -0.4 is 4.90 Å². The molecule has 1 unspecified atom stereocenters. The first-order chi connectivity index (χ1) is 17.9. The van der Waals surface area contributed by atoms with Gasteiger partial charge in [-0.15, -0.1) is 0 Å². The maximum Gasteiger partial charge on any atom is 0.343 e. The van der Waals surface area contributed by atoms with E-state index in [1.807, 2.05) is 104 Å². The molecule has 1 heterocycles. The van der Waals surface area contributed by atoms with E-state index in [0.717, 1.165) is 15.4 Å². The average Bonchev–Trinajstić information content (AvgIpc) is 2.93. The molecule has 6 heteroatoms. The third kappa shape index (κ3) is 4.97. The van der Waals surface area contributed by atoms with E-state index in [4.69, 9.17) is 0 Å². The summed E-state index contributed by atoms with van der Waals surface area (Å²) in [6, 6.07) is 33.2. The molecular weight excluding hydrogens is 480 g/mol. The molecule has 184 valence electrons. The Labute approximate surface area is 217 Å². The standard InChI is InChI=1S/C31H26N2O3S/c1-24-17-21-29(22-18-24)37(35,36)33-30(26-13-7-3-8-14-26)23-28(20-19-25-11-5-2-6-12-25)32(31(33)34)27-15-9-4-10-16-27/h2-23,30H,1H3/b20-19+. The highest BCUT2D eigenvalue weighted by molar-refractivity contribution is 7.89. The summed E-state index contributed by atoms with van der Waals surface area (Å²) in [6.07, 6.45) is 5.60. The van der Waals surface area contributed by atoms with Crippen molar-refractivity contribution in [3.05, 3.63) is 150 Å². The van der Waals surface area contributed by atoms with Crippen molar-refractivity contribution >= 4 is 27.8 Å². The van der Waals surface area contributed by atoms with Crippen molar-refractivity contribution in [3.63, 3.8) is 0 Å². The Morgan fingerprint density at radius 2 is 1.27 bits per heavy atom. The van der Waals surface area contributed by atoms with Gasteiger partial charge >= 0.3 is 6.03 Å². The number of allylic oxidation sites excluding steroid dienone is 1. The Morgan fingerprint density at radius 3 is 1.89 bits per heavy atom. The Morgan fingerprint density at radius 1 is 0.703 bits per heavy atom. The van der Waals surface area contributed by atoms with Crippen molar-refractivity contribution in [1.29, 1.82) is 0 Å². The third-order valence-electron chi connectivity index (χ3n) is 6.20. The van der Waals surface area contributed by atoms with Crippen LogP contribution in [0.1, 0.15) is 22.7 Å². The van der Waals surface area contributed by atoms with Crippen LogP contribution in [0.2, 0.25) is 0 Å². The molecule has 0 aliphatic carbocycles. The van der Waals surface area contributed by atoms with Crippen molar-refractivity contribution < 1.29 is 13.2 Å². The molecular formula is C31H26N2O3S. The van der Waals surface area contributed by atoms with Gasteiger partial charge < -0.3 is 0 Å². The van der Waals surface area contributed by atoms with Crippen molar-refractivity contribution in [1.82, 2.24) is 4.31 Å². The van der Waals surface area contributed by atoms with Crippen LogP contribution in [0.5, 0.6) is 0 Å². The summed E-state index contributed by atoms with van der Waals surface area (Å²) in [4.78, 5) is 15.7. The minimum atomic E-state index is -4.18. The zero-order chi connectivity index (χ0) is 25.8. The summed E-state index contributed by atoms with van der Waals surface area (Å²) in [5.74, 6) is 0. The second-order valence-electron chi connectivity index (χ2n) is 8.76. The van der Waals surface area contributed by atoms with Gasteiger partial charge in [0.2, 0.25) is 0 Å². The first kappa shape index (κ1) is 24.3. The molecule has 1 aliphatic rings. The molecule has 0 bridgehead atoms. The number of rotatable bonds is 6. The van der Waals surface area contributed by atoms with E-state index in [9.17, 15) is 13.2 Å². The Kier molecular flexibility index (Phi) is 6.75. The lowest BCUT2D eigenvalue weighted by atomic mass is 10.0. The van der Waals surface area contributed by atoms with Crippen molar-refractivity contribution in [2.45, 2.75) is 17.9 Å². The number of sulfonamides is 1. The van der Waals surface area contributed by atoms with Gasteiger partial charge in [0, 0.05) is 5.70 Å². The molecule has 0 radical (unpaired) electrons. The predicted octanol–water partition coefficient (Wildman–Crippen LogP) is 6.96. The molecule has 5 nitrogen and oxygen atoms in total. The molecule has 5 rings (SSSR count). The SMILES string of the molecule is Cc1ccc(S(=O)(=O)N2C(=O)N(c3ccccc3)C(/C=C/c3ccccc3)=CC2c2ccccc2)cc1. The van der Waals surface area contributed by atoms with Crippen molar-refractivity contribution in [2.24, 2.45) is 0 Å². The maximum atomic E-state index is 14.2. The largest absolute Gasteiger partial charge is 0.343 e. The number of amides is 2. The predicted molar refractivity (Wildman–Crippen MR) is 147 cm³/mol. The summed E-state index contributed by atoms with van der Waals surface area (Å²) in [7, 11) is -4.18. The van der Waals surface area contributed by atoms with Crippen LogP contribution in [-0.2, 0) is 10.0 Å². The average molecular weight is 507 g/mol. The molecule has 0 N–H and O–H groups in total. The highest BCUT2D eigenvalue weighted by Gasteiger charge is 2.43. The number of para-hydroxylation sites is 1. The molecule has 2 amide bonds. The molecule has 0 spiro atoms. The first-order valence-corrected chi connectivity index (χ1v) is 13.4. The van der Waals surface area contributed by atoms with E-state index in [1.165, 1.54) is 4.90 Å². The summed E-state index contributed by atoms with van der Waals surface area (Å²) in [5.41, 5.74) is 3.76. The topological polar surface area (TPSA) is 57.7 Å². The first-order valence-electron chi connectivity index (χ1n) is 12.0. The van der Waals surface area contributed by atoms with Crippen LogP contribution in [-0.4, -0.2) is 18.8 Å². The fourth-order valence-corrected chi connectivity index (χ4v) is 5.78. The van der Waals surface area contributed by atoms with Gasteiger partial charge in [-0.3, -0.25) is 4.90 Å². The summed E-state index contributed by atoms with van der Waals surface area (Å²) < 4.78 is 29.0. The molecule has 0 saturated carbocycles. The van der Waals surface area contributed by atoms with E-state index in [1.54, 1.807) is 36.4 Å². The molecule has 4 aromatic rings. The van der Waals surface area contributed by atoms with Crippen LogP contribution in [0.15, 0.2) is 138 Å². The van der Waals surface area contributed by atoms with Crippen LogP contribution in [0.4, 0.5) is 10.5 Å². The number of benzene rings is 4. The smallest absolute Gasteiger partial charge is 0.262 e. The molecule has 1 atom stereocenters. The molecule has 0 fully saturated rings. The zero-order valence-corrected chi connectivity index (χ0v) is 21.1. The Hall–Kier alpha value is -4.42. The minimum absolute atomic E-state index is 0.0667. The van der Waals surface area contributed by atoms with Gasteiger partial charge in [-0.25, -0.2) is 17.5 Å². The fraction of sp³-hybridized carbons (Fsp3) is 0.0645. The van der Waals surface area contributed by atoms with E-state index in [-0.39, 0.29) is 4.90 Å². The number of urea groups is 1. The minimum Gasteiger partial charge on any atom is -0.262 e. The van der Waals surface area contributed by atoms with Gasteiger partial charge in [-0.05, 0) is 54.5 Å².